The van der Waals surface area contributed by atoms with E-state index < -0.39 is 17.7 Å². The second-order valence-corrected chi connectivity index (χ2v) is 4.91. The van der Waals surface area contributed by atoms with Crippen molar-refractivity contribution >= 4 is 27.9 Å². The van der Waals surface area contributed by atoms with Crippen LogP contribution in [0.25, 0.3) is 11.4 Å². The van der Waals surface area contributed by atoms with Gasteiger partial charge in [0.1, 0.15) is 6.54 Å². The van der Waals surface area contributed by atoms with Gasteiger partial charge in [-0.1, -0.05) is 33.2 Å². The van der Waals surface area contributed by atoms with Crippen LogP contribution in [0.15, 0.2) is 38.1 Å². The van der Waals surface area contributed by atoms with Crippen molar-refractivity contribution in [3.05, 3.63) is 39.3 Å². The summed E-state index contributed by atoms with van der Waals surface area (Å²) in [6.07, 6.45) is 0. The highest BCUT2D eigenvalue weighted by Crippen LogP contribution is 2.20. The van der Waals surface area contributed by atoms with Gasteiger partial charge in [0.2, 0.25) is 5.91 Å². The molecule has 0 saturated carbocycles. The molecular weight excluding hydrogens is 344 g/mol. The summed E-state index contributed by atoms with van der Waals surface area (Å²) in [6, 6.07) is 6.35. The summed E-state index contributed by atoms with van der Waals surface area (Å²) in [5, 5.41) is 7.95. The van der Waals surface area contributed by atoms with Gasteiger partial charge >= 0.3 is 11.8 Å². The number of rotatable bonds is 3. The van der Waals surface area contributed by atoms with E-state index >= 15 is 0 Å². The number of nitrogens with zero attached hydrogens (tertiary/aromatic N) is 2. The van der Waals surface area contributed by atoms with Crippen LogP contribution in [0.4, 0.5) is 4.79 Å². The standard InChI is InChI=1S/C12H11BrN4O4/c1-14-11(19)15-9(18)6-17-10(16-21-12(17)20)7-3-2-4-8(13)5-7/h2-5H,6H2,1H3,(H2,14,15,18,19). The molecule has 0 fully saturated rings. The van der Waals surface area contributed by atoms with E-state index in [0.29, 0.717) is 5.56 Å². The minimum absolute atomic E-state index is 0.202. The number of aromatic nitrogens is 2. The fourth-order valence-electron chi connectivity index (χ4n) is 1.62. The third-order valence-electron chi connectivity index (χ3n) is 2.55. The van der Waals surface area contributed by atoms with E-state index in [1.54, 1.807) is 18.2 Å². The van der Waals surface area contributed by atoms with Gasteiger partial charge in [0.15, 0.2) is 5.82 Å². The first kappa shape index (κ1) is 15.0. The Hall–Kier alpha value is -2.42. The number of benzene rings is 1. The average Bonchev–Trinajstić information content (AvgIpc) is 2.80. The predicted octanol–water partition coefficient (Wildman–Crippen LogP) is 0.721. The van der Waals surface area contributed by atoms with Crippen molar-refractivity contribution in [3.8, 4) is 11.4 Å². The fraction of sp³-hybridized carbons (Fsp3) is 0.167. The first-order chi connectivity index (χ1) is 10.0. The van der Waals surface area contributed by atoms with Crippen molar-refractivity contribution in [1.82, 2.24) is 20.4 Å². The molecule has 0 aliphatic carbocycles. The van der Waals surface area contributed by atoms with Crippen molar-refractivity contribution < 1.29 is 14.1 Å². The first-order valence-electron chi connectivity index (χ1n) is 5.85. The number of imide groups is 1. The number of nitrogens with one attached hydrogen (secondary N) is 2. The van der Waals surface area contributed by atoms with Crippen LogP contribution in [0.3, 0.4) is 0 Å². The molecule has 0 unspecified atom stereocenters. The molecule has 0 spiro atoms. The molecule has 1 aromatic carbocycles. The molecule has 21 heavy (non-hydrogen) atoms. The lowest BCUT2D eigenvalue weighted by Gasteiger charge is -2.05. The lowest BCUT2D eigenvalue weighted by atomic mass is 10.2. The summed E-state index contributed by atoms with van der Waals surface area (Å²) >= 11 is 3.31. The smallest absolute Gasteiger partial charge is 0.341 e. The molecule has 110 valence electrons. The number of urea groups is 1. The number of hydrogen-bond donors (Lipinski definition) is 2. The highest BCUT2D eigenvalue weighted by molar-refractivity contribution is 9.10. The lowest BCUT2D eigenvalue weighted by molar-refractivity contribution is -0.120. The Bertz CT molecular complexity index is 737. The molecule has 2 N–H and O–H groups in total. The SMILES string of the molecule is CNC(=O)NC(=O)Cn1c(-c2cccc(Br)c2)noc1=O. The lowest BCUT2D eigenvalue weighted by Crippen LogP contribution is -2.40. The molecule has 0 aliphatic heterocycles. The number of carbonyl (C=O) groups excluding carboxylic acids is 2. The van der Waals surface area contributed by atoms with Gasteiger partial charge in [0.05, 0.1) is 0 Å². The monoisotopic (exact) mass is 354 g/mol. The van der Waals surface area contributed by atoms with Crippen LogP contribution in [0.1, 0.15) is 0 Å². The molecule has 2 rings (SSSR count). The molecule has 9 heteroatoms. The average molecular weight is 355 g/mol. The molecule has 2 aromatic rings. The largest absolute Gasteiger partial charge is 0.442 e. The third-order valence-corrected chi connectivity index (χ3v) is 3.04. The summed E-state index contributed by atoms with van der Waals surface area (Å²) in [5.74, 6) is -1.23. The van der Waals surface area contributed by atoms with Crippen LogP contribution in [0, 0.1) is 0 Å². The number of hydrogen-bond acceptors (Lipinski definition) is 5. The highest BCUT2D eigenvalue weighted by atomic mass is 79.9. The molecule has 0 aliphatic rings. The topological polar surface area (TPSA) is 106 Å². The molecule has 1 aromatic heterocycles. The summed E-state index contributed by atoms with van der Waals surface area (Å²) in [5.41, 5.74) is 0.600. The van der Waals surface area contributed by atoms with Crippen LogP contribution in [0.5, 0.6) is 0 Å². The molecule has 3 amide bonds. The normalized spacial score (nSPS) is 10.2. The minimum Gasteiger partial charge on any atom is -0.341 e. The van der Waals surface area contributed by atoms with Gasteiger partial charge in [-0.3, -0.25) is 14.6 Å². The van der Waals surface area contributed by atoms with Gasteiger partial charge < -0.3 is 5.32 Å². The van der Waals surface area contributed by atoms with Gasteiger partial charge in [-0.15, -0.1) is 0 Å². The Balaban J connectivity index is 2.29. The fourth-order valence-corrected chi connectivity index (χ4v) is 2.01. The van der Waals surface area contributed by atoms with Crippen molar-refractivity contribution in [2.75, 3.05) is 7.05 Å². The van der Waals surface area contributed by atoms with E-state index in [-0.39, 0.29) is 12.4 Å². The van der Waals surface area contributed by atoms with Gasteiger partial charge in [-0.2, -0.15) is 0 Å². The Morgan fingerprint density at radius 1 is 1.43 bits per heavy atom. The Labute approximate surface area is 127 Å². The zero-order valence-corrected chi connectivity index (χ0v) is 12.5. The van der Waals surface area contributed by atoms with Crippen LogP contribution in [-0.2, 0) is 11.3 Å². The number of amides is 3. The van der Waals surface area contributed by atoms with Gasteiger partial charge in [-0.05, 0) is 12.1 Å². The van der Waals surface area contributed by atoms with Crippen LogP contribution in [-0.4, -0.2) is 28.7 Å². The Kier molecular flexibility index (Phi) is 4.53. The van der Waals surface area contributed by atoms with E-state index in [0.717, 1.165) is 9.04 Å². The second-order valence-electron chi connectivity index (χ2n) is 4.00. The number of carbonyl (C=O) groups is 2. The minimum atomic E-state index is -0.781. The van der Waals surface area contributed by atoms with Gasteiger partial charge in [0, 0.05) is 17.1 Å². The Morgan fingerprint density at radius 3 is 2.86 bits per heavy atom. The van der Waals surface area contributed by atoms with Crippen molar-refractivity contribution in [2.45, 2.75) is 6.54 Å². The predicted molar refractivity (Wildman–Crippen MR) is 76.5 cm³/mol. The molecule has 0 radical (unpaired) electrons. The Morgan fingerprint density at radius 2 is 2.19 bits per heavy atom. The quantitative estimate of drug-likeness (QED) is 0.844. The maximum atomic E-state index is 11.7. The van der Waals surface area contributed by atoms with E-state index in [1.807, 2.05) is 6.07 Å². The summed E-state index contributed by atoms with van der Waals surface area (Å²) < 4.78 is 6.41. The third kappa shape index (κ3) is 3.57. The summed E-state index contributed by atoms with van der Waals surface area (Å²) in [4.78, 5) is 34.4. The van der Waals surface area contributed by atoms with Gasteiger partial charge in [0.25, 0.3) is 0 Å². The zero-order valence-electron chi connectivity index (χ0n) is 10.9. The highest BCUT2D eigenvalue weighted by Gasteiger charge is 2.17. The van der Waals surface area contributed by atoms with E-state index in [1.165, 1.54) is 7.05 Å². The molecular formula is C12H11BrN4O4. The van der Waals surface area contributed by atoms with Crippen molar-refractivity contribution in [3.63, 3.8) is 0 Å². The summed E-state index contributed by atoms with van der Waals surface area (Å²) in [6.45, 7) is -0.377. The van der Waals surface area contributed by atoms with E-state index in [4.69, 9.17) is 0 Å². The maximum Gasteiger partial charge on any atom is 0.442 e. The van der Waals surface area contributed by atoms with E-state index in [9.17, 15) is 14.4 Å². The first-order valence-corrected chi connectivity index (χ1v) is 6.64. The maximum absolute atomic E-state index is 11.7. The molecule has 0 atom stereocenters. The van der Waals surface area contributed by atoms with Crippen molar-refractivity contribution in [2.24, 2.45) is 0 Å². The van der Waals surface area contributed by atoms with Crippen LogP contribution < -0.4 is 16.4 Å². The molecule has 0 saturated heterocycles. The van der Waals surface area contributed by atoms with E-state index in [2.05, 4.69) is 36.2 Å². The molecule has 0 bridgehead atoms. The van der Waals surface area contributed by atoms with Crippen LogP contribution >= 0.6 is 15.9 Å². The van der Waals surface area contributed by atoms with Gasteiger partial charge in [-0.25, -0.2) is 14.2 Å². The summed E-state index contributed by atoms with van der Waals surface area (Å²) in [7, 11) is 1.38. The second kappa shape index (κ2) is 6.35. The zero-order chi connectivity index (χ0) is 15.4. The molecule has 8 nitrogen and oxygen atoms in total. The van der Waals surface area contributed by atoms with Crippen LogP contribution in [0.2, 0.25) is 0 Å². The number of halogens is 1. The van der Waals surface area contributed by atoms with Crippen molar-refractivity contribution in [1.29, 1.82) is 0 Å². The molecule has 1 heterocycles.